The first-order valence-corrected chi connectivity index (χ1v) is 6.95. The summed E-state index contributed by atoms with van der Waals surface area (Å²) in [7, 11) is 0. The van der Waals surface area contributed by atoms with Crippen LogP contribution < -0.4 is 5.32 Å². The molecule has 0 radical (unpaired) electrons. The Morgan fingerprint density at radius 1 is 1.37 bits per heavy atom. The van der Waals surface area contributed by atoms with Crippen molar-refractivity contribution in [3.63, 3.8) is 0 Å². The van der Waals surface area contributed by atoms with Gasteiger partial charge in [0.15, 0.2) is 0 Å². The zero-order chi connectivity index (χ0) is 13.1. The molecule has 0 spiro atoms. The van der Waals surface area contributed by atoms with Gasteiger partial charge in [-0.2, -0.15) is 0 Å². The molecule has 2 aromatic rings. The van der Waals surface area contributed by atoms with Gasteiger partial charge in [-0.05, 0) is 53.8 Å². The van der Waals surface area contributed by atoms with Gasteiger partial charge < -0.3 is 5.32 Å². The minimum absolute atomic E-state index is 0.606. The van der Waals surface area contributed by atoms with Gasteiger partial charge >= 0.3 is 0 Å². The van der Waals surface area contributed by atoms with Crippen molar-refractivity contribution in [1.29, 1.82) is 0 Å². The summed E-state index contributed by atoms with van der Waals surface area (Å²) in [5.74, 6) is 0.889. The summed E-state index contributed by atoms with van der Waals surface area (Å²) < 4.78 is 1.68. The van der Waals surface area contributed by atoms with Crippen LogP contribution in [0, 0.1) is 5.92 Å². The van der Waals surface area contributed by atoms with E-state index >= 15 is 0 Å². The molecule has 5 heteroatoms. The van der Waals surface area contributed by atoms with E-state index < -0.39 is 0 Å². The third kappa shape index (κ3) is 2.75. The molecule has 19 heavy (non-hydrogen) atoms. The van der Waals surface area contributed by atoms with E-state index in [2.05, 4.69) is 39.9 Å². The fourth-order valence-corrected chi connectivity index (χ4v) is 2.83. The second kappa shape index (κ2) is 5.38. The SMILES string of the molecule is CCC1CCC(Nc2cccc(-n3cnnn3)c2)C1. The maximum Gasteiger partial charge on any atom is 0.143 e. The second-order valence-electron chi connectivity index (χ2n) is 5.23. The van der Waals surface area contributed by atoms with Crippen LogP contribution in [-0.2, 0) is 0 Å². The molecule has 1 saturated carbocycles. The Morgan fingerprint density at radius 2 is 2.32 bits per heavy atom. The van der Waals surface area contributed by atoms with Gasteiger partial charge in [0.2, 0.25) is 0 Å². The quantitative estimate of drug-likeness (QED) is 0.915. The molecule has 5 nitrogen and oxygen atoms in total. The molecule has 2 unspecified atom stereocenters. The third-order valence-electron chi connectivity index (χ3n) is 3.95. The van der Waals surface area contributed by atoms with Gasteiger partial charge in [0, 0.05) is 11.7 Å². The van der Waals surface area contributed by atoms with Crippen molar-refractivity contribution in [2.45, 2.75) is 38.6 Å². The summed E-state index contributed by atoms with van der Waals surface area (Å²) in [6.45, 7) is 2.28. The predicted octanol–water partition coefficient (Wildman–Crippen LogP) is 2.65. The average Bonchev–Trinajstić information content (AvgIpc) is 3.10. The first-order valence-electron chi connectivity index (χ1n) is 6.95. The Bertz CT molecular complexity index is 522. The van der Waals surface area contributed by atoms with Crippen molar-refractivity contribution < 1.29 is 0 Å². The molecule has 1 aliphatic rings. The van der Waals surface area contributed by atoms with E-state index in [1.807, 2.05) is 12.1 Å². The normalized spacial score (nSPS) is 22.6. The van der Waals surface area contributed by atoms with Crippen molar-refractivity contribution in [2.75, 3.05) is 5.32 Å². The van der Waals surface area contributed by atoms with Crippen LogP contribution in [0.15, 0.2) is 30.6 Å². The minimum Gasteiger partial charge on any atom is -0.382 e. The molecular weight excluding hydrogens is 238 g/mol. The number of nitrogens with zero attached hydrogens (tertiary/aromatic N) is 4. The molecular formula is C14H19N5. The highest BCUT2D eigenvalue weighted by Gasteiger charge is 2.22. The van der Waals surface area contributed by atoms with Crippen molar-refractivity contribution in [3.8, 4) is 5.69 Å². The number of aromatic nitrogens is 4. The highest BCUT2D eigenvalue weighted by atomic mass is 15.5. The maximum absolute atomic E-state index is 3.91. The Labute approximate surface area is 113 Å². The highest BCUT2D eigenvalue weighted by molar-refractivity contribution is 5.51. The Balaban J connectivity index is 1.70. The van der Waals surface area contributed by atoms with Crippen molar-refractivity contribution in [1.82, 2.24) is 20.2 Å². The molecule has 1 aromatic carbocycles. The van der Waals surface area contributed by atoms with Crippen LogP contribution >= 0.6 is 0 Å². The summed E-state index contributed by atoms with van der Waals surface area (Å²) in [4.78, 5) is 0. The molecule has 1 aliphatic carbocycles. The third-order valence-corrected chi connectivity index (χ3v) is 3.95. The summed E-state index contributed by atoms with van der Waals surface area (Å²) in [6.07, 6.45) is 6.81. The first kappa shape index (κ1) is 12.1. The minimum atomic E-state index is 0.606. The van der Waals surface area contributed by atoms with Gasteiger partial charge in [0.25, 0.3) is 0 Å². The lowest BCUT2D eigenvalue weighted by Crippen LogP contribution is -2.15. The monoisotopic (exact) mass is 257 g/mol. The topological polar surface area (TPSA) is 55.6 Å². The Hall–Kier alpha value is -1.91. The van der Waals surface area contributed by atoms with E-state index in [1.54, 1.807) is 11.0 Å². The molecule has 100 valence electrons. The van der Waals surface area contributed by atoms with Gasteiger partial charge in [-0.3, -0.25) is 0 Å². The van der Waals surface area contributed by atoms with E-state index in [0.29, 0.717) is 6.04 Å². The largest absolute Gasteiger partial charge is 0.382 e. The molecule has 2 atom stereocenters. The lowest BCUT2D eigenvalue weighted by Gasteiger charge is -2.15. The van der Waals surface area contributed by atoms with Gasteiger partial charge in [0.1, 0.15) is 6.33 Å². The Morgan fingerprint density at radius 3 is 3.05 bits per heavy atom. The fraction of sp³-hybridized carbons (Fsp3) is 0.500. The smallest absolute Gasteiger partial charge is 0.143 e. The number of tetrazole rings is 1. The highest BCUT2D eigenvalue weighted by Crippen LogP contribution is 2.30. The summed E-state index contributed by atoms with van der Waals surface area (Å²) in [6, 6.07) is 8.84. The van der Waals surface area contributed by atoms with Crippen LogP contribution in [0.25, 0.3) is 5.69 Å². The molecule has 0 saturated heterocycles. The lowest BCUT2D eigenvalue weighted by molar-refractivity contribution is 0.525. The molecule has 0 bridgehead atoms. The van der Waals surface area contributed by atoms with Crippen molar-refractivity contribution in [3.05, 3.63) is 30.6 Å². The van der Waals surface area contributed by atoms with E-state index in [1.165, 1.54) is 25.7 Å². The molecule has 1 fully saturated rings. The number of rotatable bonds is 4. The Kier molecular flexibility index (Phi) is 3.44. The van der Waals surface area contributed by atoms with E-state index in [-0.39, 0.29) is 0 Å². The second-order valence-corrected chi connectivity index (χ2v) is 5.23. The van der Waals surface area contributed by atoms with Crippen LogP contribution in [0.5, 0.6) is 0 Å². The van der Waals surface area contributed by atoms with Crippen molar-refractivity contribution in [2.24, 2.45) is 5.92 Å². The molecule has 1 heterocycles. The van der Waals surface area contributed by atoms with Crippen LogP contribution in [0.3, 0.4) is 0 Å². The van der Waals surface area contributed by atoms with E-state index in [9.17, 15) is 0 Å². The number of anilines is 1. The number of hydrogen-bond acceptors (Lipinski definition) is 4. The number of hydrogen-bond donors (Lipinski definition) is 1. The molecule has 0 amide bonds. The van der Waals surface area contributed by atoms with Gasteiger partial charge in [-0.15, -0.1) is 5.10 Å². The zero-order valence-corrected chi connectivity index (χ0v) is 11.2. The van der Waals surface area contributed by atoms with Gasteiger partial charge in [-0.1, -0.05) is 19.4 Å². The van der Waals surface area contributed by atoms with Crippen LogP contribution in [-0.4, -0.2) is 26.2 Å². The van der Waals surface area contributed by atoms with Gasteiger partial charge in [0.05, 0.1) is 5.69 Å². The van der Waals surface area contributed by atoms with Crippen molar-refractivity contribution >= 4 is 5.69 Å². The summed E-state index contributed by atoms with van der Waals surface area (Å²) in [5.41, 5.74) is 2.13. The molecule has 0 aliphatic heterocycles. The predicted molar refractivity (Wildman–Crippen MR) is 74.2 cm³/mol. The number of benzene rings is 1. The van der Waals surface area contributed by atoms with Crippen LogP contribution in [0.2, 0.25) is 0 Å². The molecule has 3 rings (SSSR count). The summed E-state index contributed by atoms with van der Waals surface area (Å²) >= 11 is 0. The molecule has 1 N–H and O–H groups in total. The first-order chi connectivity index (χ1) is 9.35. The number of nitrogens with one attached hydrogen (secondary N) is 1. The van der Waals surface area contributed by atoms with E-state index in [4.69, 9.17) is 0 Å². The molecule has 1 aromatic heterocycles. The van der Waals surface area contributed by atoms with Crippen LogP contribution in [0.1, 0.15) is 32.6 Å². The lowest BCUT2D eigenvalue weighted by atomic mass is 10.1. The fourth-order valence-electron chi connectivity index (χ4n) is 2.83. The van der Waals surface area contributed by atoms with Gasteiger partial charge in [-0.25, -0.2) is 4.68 Å². The summed E-state index contributed by atoms with van der Waals surface area (Å²) in [5, 5.41) is 14.9. The van der Waals surface area contributed by atoms with E-state index in [0.717, 1.165) is 17.3 Å². The van der Waals surface area contributed by atoms with Crippen LogP contribution in [0.4, 0.5) is 5.69 Å². The zero-order valence-electron chi connectivity index (χ0n) is 11.2. The maximum atomic E-state index is 3.91. The standard InChI is InChI=1S/C14H19N5/c1-2-11-6-7-13(8-11)16-12-4-3-5-14(9-12)19-10-15-17-18-19/h3-5,9-11,13,16H,2,6-8H2,1H3. The average molecular weight is 257 g/mol.